The smallest absolute Gasteiger partial charge is 0.214 e. The SMILES string of the molecule is CCCCn1\c(=C/C=C/C=C/C2=[N+](CCCC)c3ccc(Sc4ccccc4)c4cccc2c34)c2cccc3c(Sc4ccccc4)ccc1c32. The molecule has 0 aliphatic carbocycles. The molecule has 2 heterocycles. The van der Waals surface area contributed by atoms with Gasteiger partial charge >= 0.3 is 0 Å². The van der Waals surface area contributed by atoms with E-state index in [0.717, 1.165) is 25.9 Å². The van der Waals surface area contributed by atoms with E-state index in [0.29, 0.717) is 0 Å². The molecule has 252 valence electrons. The molecule has 0 unspecified atom stereocenters. The molecular formula is C47H43N2S2+. The Morgan fingerprint density at radius 1 is 0.588 bits per heavy atom. The first-order valence-electron chi connectivity index (χ1n) is 18.3. The second-order valence-corrected chi connectivity index (χ2v) is 15.4. The minimum atomic E-state index is 1.01. The third-order valence-electron chi connectivity index (χ3n) is 9.82. The summed E-state index contributed by atoms with van der Waals surface area (Å²) in [6, 6.07) is 44.3. The highest BCUT2D eigenvalue weighted by Gasteiger charge is 2.31. The quantitative estimate of drug-likeness (QED) is 0.0874. The summed E-state index contributed by atoms with van der Waals surface area (Å²) in [5.41, 5.74) is 5.26. The fourth-order valence-electron chi connectivity index (χ4n) is 7.39. The Morgan fingerprint density at radius 2 is 1.24 bits per heavy atom. The second-order valence-electron chi connectivity index (χ2n) is 13.1. The molecule has 1 aliphatic heterocycles. The van der Waals surface area contributed by atoms with Gasteiger partial charge in [-0.05, 0) is 66.4 Å². The summed E-state index contributed by atoms with van der Waals surface area (Å²) in [6.45, 7) is 6.58. The van der Waals surface area contributed by atoms with Crippen LogP contribution < -0.4 is 5.35 Å². The Labute approximate surface area is 309 Å². The molecule has 2 nitrogen and oxygen atoms in total. The van der Waals surface area contributed by atoms with Crippen molar-refractivity contribution in [3.8, 4) is 0 Å². The van der Waals surface area contributed by atoms with Crippen LogP contribution in [0.1, 0.15) is 45.1 Å². The molecule has 7 aromatic rings. The van der Waals surface area contributed by atoms with Crippen molar-refractivity contribution in [2.75, 3.05) is 6.54 Å². The van der Waals surface area contributed by atoms with Gasteiger partial charge in [0.15, 0.2) is 0 Å². The van der Waals surface area contributed by atoms with Crippen molar-refractivity contribution in [1.29, 1.82) is 0 Å². The topological polar surface area (TPSA) is 7.94 Å². The van der Waals surface area contributed by atoms with Crippen LogP contribution in [-0.2, 0) is 6.54 Å². The van der Waals surface area contributed by atoms with E-state index in [-0.39, 0.29) is 0 Å². The summed E-state index contributed by atoms with van der Waals surface area (Å²) in [4.78, 5) is 5.15. The summed E-state index contributed by atoms with van der Waals surface area (Å²) < 4.78 is 5.07. The Bertz CT molecular complexity index is 2490. The lowest BCUT2D eigenvalue weighted by Crippen LogP contribution is -2.16. The van der Waals surface area contributed by atoms with Crippen molar-refractivity contribution in [2.45, 2.75) is 65.7 Å². The van der Waals surface area contributed by atoms with Gasteiger partial charge in [-0.2, -0.15) is 4.58 Å². The lowest BCUT2D eigenvalue weighted by atomic mass is 10.0. The minimum absolute atomic E-state index is 1.01. The van der Waals surface area contributed by atoms with Crippen molar-refractivity contribution in [3.05, 3.63) is 157 Å². The molecule has 0 radical (unpaired) electrons. The highest BCUT2D eigenvalue weighted by molar-refractivity contribution is 7.99. The van der Waals surface area contributed by atoms with Crippen LogP contribution in [-0.4, -0.2) is 21.4 Å². The molecule has 0 fully saturated rings. The van der Waals surface area contributed by atoms with Crippen molar-refractivity contribution in [2.24, 2.45) is 0 Å². The van der Waals surface area contributed by atoms with E-state index in [4.69, 9.17) is 0 Å². The van der Waals surface area contributed by atoms with Crippen LogP contribution >= 0.6 is 23.5 Å². The monoisotopic (exact) mass is 699 g/mol. The maximum atomic E-state index is 2.53. The van der Waals surface area contributed by atoms with Gasteiger partial charge < -0.3 is 4.57 Å². The van der Waals surface area contributed by atoms with E-state index in [1.54, 1.807) is 0 Å². The van der Waals surface area contributed by atoms with Crippen LogP contribution in [0.4, 0.5) is 5.69 Å². The van der Waals surface area contributed by atoms with Gasteiger partial charge in [0.05, 0.1) is 10.9 Å². The Kier molecular flexibility index (Phi) is 9.97. The van der Waals surface area contributed by atoms with Crippen LogP contribution in [0.25, 0.3) is 38.5 Å². The van der Waals surface area contributed by atoms with Crippen molar-refractivity contribution in [1.82, 2.24) is 4.57 Å². The van der Waals surface area contributed by atoms with E-state index >= 15 is 0 Å². The van der Waals surface area contributed by atoms with Crippen molar-refractivity contribution in [3.63, 3.8) is 0 Å². The molecular weight excluding hydrogens is 657 g/mol. The third kappa shape index (κ3) is 6.59. The highest BCUT2D eigenvalue weighted by Crippen LogP contribution is 2.42. The van der Waals surface area contributed by atoms with Crippen molar-refractivity contribution < 1.29 is 4.58 Å². The van der Waals surface area contributed by atoms with Gasteiger partial charge in [0.1, 0.15) is 6.54 Å². The van der Waals surface area contributed by atoms with Gasteiger partial charge in [-0.25, -0.2) is 0 Å². The first kappa shape index (κ1) is 33.4. The molecule has 0 N–H and O–H groups in total. The molecule has 0 bridgehead atoms. The summed E-state index contributed by atoms with van der Waals surface area (Å²) in [7, 11) is 0. The second kappa shape index (κ2) is 15.2. The highest BCUT2D eigenvalue weighted by atomic mass is 32.2. The number of aryl methyl sites for hydroxylation is 1. The minimum Gasteiger partial charge on any atom is -0.340 e. The molecule has 51 heavy (non-hydrogen) atoms. The average molecular weight is 700 g/mol. The van der Waals surface area contributed by atoms with Gasteiger partial charge in [0.2, 0.25) is 11.4 Å². The van der Waals surface area contributed by atoms with Crippen LogP contribution in [0.5, 0.6) is 0 Å². The molecule has 0 saturated carbocycles. The molecule has 4 heteroatoms. The van der Waals surface area contributed by atoms with Crippen molar-refractivity contribution >= 4 is 73.4 Å². The first-order chi connectivity index (χ1) is 25.2. The molecule has 1 aliphatic rings. The van der Waals surface area contributed by atoms with E-state index in [9.17, 15) is 0 Å². The fraction of sp³-hybridized carbons (Fsp3) is 0.170. The molecule has 1 aromatic heterocycles. The Morgan fingerprint density at radius 3 is 1.94 bits per heavy atom. The largest absolute Gasteiger partial charge is 0.340 e. The molecule has 8 rings (SSSR count). The maximum Gasteiger partial charge on any atom is 0.214 e. The molecule has 0 spiro atoms. The van der Waals surface area contributed by atoms with E-state index in [1.165, 1.54) is 87.2 Å². The lowest BCUT2D eigenvalue weighted by molar-refractivity contribution is -0.436. The number of allylic oxidation sites excluding steroid dienone is 4. The molecule has 0 atom stereocenters. The van der Waals surface area contributed by atoms with Gasteiger partial charge in [-0.1, -0.05) is 135 Å². The maximum absolute atomic E-state index is 2.53. The molecule has 6 aromatic carbocycles. The normalized spacial score (nSPS) is 13.4. The Balaban J connectivity index is 1.15. The first-order valence-corrected chi connectivity index (χ1v) is 19.9. The summed E-state index contributed by atoms with van der Waals surface area (Å²) in [5.74, 6) is 0. The van der Waals surface area contributed by atoms with E-state index < -0.39 is 0 Å². The summed E-state index contributed by atoms with van der Waals surface area (Å²) >= 11 is 3.70. The van der Waals surface area contributed by atoms with Crippen LogP contribution in [0.2, 0.25) is 0 Å². The lowest BCUT2D eigenvalue weighted by Gasteiger charge is -2.09. The average Bonchev–Trinajstić information content (AvgIpc) is 3.65. The number of rotatable bonds is 13. The molecule has 0 amide bonds. The van der Waals surface area contributed by atoms with E-state index in [2.05, 4.69) is 175 Å². The summed E-state index contributed by atoms with van der Waals surface area (Å²) in [5, 5.41) is 8.01. The Hall–Kier alpha value is -4.77. The van der Waals surface area contributed by atoms with Crippen LogP contribution in [0.3, 0.4) is 0 Å². The third-order valence-corrected chi connectivity index (χ3v) is 12.0. The zero-order valence-corrected chi connectivity index (χ0v) is 31.0. The number of hydrogen-bond acceptors (Lipinski definition) is 2. The van der Waals surface area contributed by atoms with Gasteiger partial charge in [0.25, 0.3) is 0 Å². The summed E-state index contributed by atoms with van der Waals surface area (Å²) in [6.07, 6.45) is 15.9. The number of aromatic nitrogens is 1. The molecule has 0 saturated heterocycles. The number of hydrogen-bond donors (Lipinski definition) is 0. The van der Waals surface area contributed by atoms with Gasteiger partial charge in [-0.3, -0.25) is 0 Å². The standard InChI is InChI=1S/C47H43N2S2/c1-3-5-32-48-40(36-22-16-24-38-44(30-28-42(48)46(36)38)50-34-18-10-7-11-19-34)26-14-9-15-27-41-37-23-17-25-39-45(51-35-20-12-8-13-21-35)31-29-43(47(37)39)49(41)33-6-4-2/h7-31H,3-6,32-33H2,1-2H3/q+1. The van der Waals surface area contributed by atoms with E-state index in [1.807, 2.05) is 23.5 Å². The fourth-order valence-corrected chi connectivity index (χ4v) is 9.32. The predicted octanol–water partition coefficient (Wildman–Crippen LogP) is 12.6. The van der Waals surface area contributed by atoms with Gasteiger partial charge in [-0.15, -0.1) is 0 Å². The number of benzene rings is 6. The number of unbranched alkanes of at least 4 members (excludes halogenated alkanes) is 2. The zero-order valence-electron chi connectivity index (χ0n) is 29.4. The van der Waals surface area contributed by atoms with Crippen LogP contribution in [0, 0.1) is 0 Å². The van der Waals surface area contributed by atoms with Gasteiger partial charge in [0, 0.05) is 71.7 Å². The predicted molar refractivity (Wildman–Crippen MR) is 221 cm³/mol. The number of nitrogens with zero attached hydrogens (tertiary/aromatic N) is 2. The van der Waals surface area contributed by atoms with Crippen LogP contribution in [0.15, 0.2) is 165 Å². The zero-order chi connectivity index (χ0) is 34.6.